The van der Waals surface area contributed by atoms with E-state index in [4.69, 9.17) is 10.2 Å². The van der Waals surface area contributed by atoms with Crippen molar-refractivity contribution in [2.45, 2.75) is 18.4 Å². The highest BCUT2D eigenvalue weighted by atomic mass is 32.1. The fraction of sp³-hybridized carbons (Fsp3) is 0.0870. The van der Waals surface area contributed by atoms with Crippen molar-refractivity contribution in [3.8, 4) is 11.8 Å². The monoisotopic (exact) mass is 374 g/mol. The minimum absolute atomic E-state index is 0.542. The van der Waals surface area contributed by atoms with Crippen LogP contribution in [0.2, 0.25) is 0 Å². The van der Waals surface area contributed by atoms with Crippen molar-refractivity contribution in [2.75, 3.05) is 0 Å². The zero-order valence-electron chi connectivity index (χ0n) is 15.2. The predicted octanol–water partition coefficient (Wildman–Crippen LogP) is 5.02. The van der Waals surface area contributed by atoms with Gasteiger partial charge in [-0.2, -0.15) is 0 Å². The molecule has 0 saturated carbocycles. The molecule has 0 aliphatic heterocycles. The first-order valence-corrected chi connectivity index (χ1v) is 8.85. The molecule has 3 aromatic rings. The summed E-state index contributed by atoms with van der Waals surface area (Å²) in [6.45, 7) is 6.14. The molecule has 136 valence electrons. The van der Waals surface area contributed by atoms with E-state index in [1.165, 1.54) is 0 Å². The Hall–Kier alpha value is -3.00. The van der Waals surface area contributed by atoms with Crippen LogP contribution in [0.15, 0.2) is 83.2 Å². The number of benzene rings is 1. The maximum atomic E-state index is 5.60. The number of pyridine rings is 1. The van der Waals surface area contributed by atoms with Crippen molar-refractivity contribution in [1.82, 2.24) is 4.98 Å². The number of nitrogens with two attached hydrogens (primary N) is 1. The van der Waals surface area contributed by atoms with Crippen LogP contribution in [0, 0.1) is 18.8 Å². The highest BCUT2D eigenvalue weighted by Crippen LogP contribution is 2.13. The van der Waals surface area contributed by atoms with E-state index in [1.54, 1.807) is 24.8 Å². The average molecular weight is 375 g/mol. The summed E-state index contributed by atoms with van der Waals surface area (Å²) in [5.41, 5.74) is 10.7. The van der Waals surface area contributed by atoms with Crippen LogP contribution in [0.3, 0.4) is 0 Å². The molecular weight excluding hydrogens is 352 g/mol. The SMILES string of the molecule is C=C/C=C\c1c(CN)ccnc1C.Sc1ccc(C#Cc2ccoc2)cc1. The quantitative estimate of drug-likeness (QED) is 0.385. The summed E-state index contributed by atoms with van der Waals surface area (Å²) in [7, 11) is 0. The van der Waals surface area contributed by atoms with Crippen molar-refractivity contribution in [3.05, 3.63) is 102 Å². The molecule has 3 nitrogen and oxygen atoms in total. The third-order valence-electron chi connectivity index (χ3n) is 3.64. The van der Waals surface area contributed by atoms with Gasteiger partial charge < -0.3 is 10.2 Å². The van der Waals surface area contributed by atoms with Gasteiger partial charge in [-0.3, -0.25) is 4.98 Å². The van der Waals surface area contributed by atoms with E-state index in [9.17, 15) is 0 Å². The highest BCUT2D eigenvalue weighted by Gasteiger charge is 2.00. The molecule has 0 fully saturated rings. The van der Waals surface area contributed by atoms with E-state index in [-0.39, 0.29) is 0 Å². The smallest absolute Gasteiger partial charge is 0.106 e. The molecule has 0 aliphatic rings. The van der Waals surface area contributed by atoms with Crippen LogP contribution in [-0.2, 0) is 6.54 Å². The Morgan fingerprint density at radius 1 is 1.15 bits per heavy atom. The lowest BCUT2D eigenvalue weighted by Crippen LogP contribution is -2.01. The zero-order valence-corrected chi connectivity index (χ0v) is 16.1. The summed E-state index contributed by atoms with van der Waals surface area (Å²) < 4.78 is 4.91. The maximum Gasteiger partial charge on any atom is 0.106 e. The second kappa shape index (κ2) is 10.9. The fourth-order valence-electron chi connectivity index (χ4n) is 2.23. The largest absolute Gasteiger partial charge is 0.471 e. The first kappa shape index (κ1) is 20.3. The first-order chi connectivity index (χ1) is 13.1. The number of furan rings is 1. The van der Waals surface area contributed by atoms with Crippen LogP contribution in [0.1, 0.15) is 27.9 Å². The third kappa shape index (κ3) is 6.67. The number of hydrogen-bond acceptors (Lipinski definition) is 4. The molecule has 0 spiro atoms. The Balaban J connectivity index is 0.000000194. The van der Waals surface area contributed by atoms with E-state index in [0.717, 1.165) is 32.8 Å². The first-order valence-electron chi connectivity index (χ1n) is 8.41. The molecule has 0 unspecified atom stereocenters. The minimum Gasteiger partial charge on any atom is -0.471 e. The molecule has 3 rings (SSSR count). The van der Waals surface area contributed by atoms with Gasteiger partial charge in [-0.15, -0.1) is 12.6 Å². The fourth-order valence-corrected chi connectivity index (χ4v) is 2.37. The van der Waals surface area contributed by atoms with Crippen molar-refractivity contribution in [3.63, 3.8) is 0 Å². The lowest BCUT2D eigenvalue weighted by Gasteiger charge is -2.04. The van der Waals surface area contributed by atoms with Gasteiger partial charge >= 0.3 is 0 Å². The molecule has 2 heterocycles. The summed E-state index contributed by atoms with van der Waals surface area (Å²) in [6, 6.07) is 11.5. The van der Waals surface area contributed by atoms with Gasteiger partial charge in [0.2, 0.25) is 0 Å². The van der Waals surface area contributed by atoms with Gasteiger partial charge in [0, 0.05) is 34.5 Å². The van der Waals surface area contributed by atoms with Gasteiger partial charge in [0.15, 0.2) is 0 Å². The van der Waals surface area contributed by atoms with Crippen molar-refractivity contribution in [2.24, 2.45) is 5.73 Å². The van der Waals surface area contributed by atoms with E-state index in [2.05, 4.69) is 36.0 Å². The normalized spacial score (nSPS) is 9.89. The number of aromatic nitrogens is 1. The van der Waals surface area contributed by atoms with Gasteiger partial charge in [0.05, 0.1) is 11.8 Å². The summed E-state index contributed by atoms with van der Waals surface area (Å²) in [5.74, 6) is 6.02. The lowest BCUT2D eigenvalue weighted by atomic mass is 10.1. The third-order valence-corrected chi connectivity index (χ3v) is 3.94. The van der Waals surface area contributed by atoms with Crippen molar-refractivity contribution >= 4 is 18.7 Å². The van der Waals surface area contributed by atoms with Crippen LogP contribution in [0.5, 0.6) is 0 Å². The van der Waals surface area contributed by atoms with Gasteiger partial charge in [-0.1, -0.05) is 36.6 Å². The molecule has 0 amide bonds. The zero-order chi connectivity index (χ0) is 19.5. The summed E-state index contributed by atoms with van der Waals surface area (Å²) in [4.78, 5) is 5.14. The number of thiol groups is 1. The number of rotatable bonds is 3. The number of hydrogen-bond donors (Lipinski definition) is 2. The molecule has 0 saturated heterocycles. The van der Waals surface area contributed by atoms with Gasteiger partial charge in [-0.25, -0.2) is 0 Å². The van der Waals surface area contributed by atoms with Crippen molar-refractivity contribution in [1.29, 1.82) is 0 Å². The molecule has 1 aromatic carbocycles. The Morgan fingerprint density at radius 3 is 2.52 bits per heavy atom. The van der Waals surface area contributed by atoms with E-state index in [0.29, 0.717) is 6.54 Å². The number of nitrogens with zero attached hydrogens (tertiary/aromatic N) is 1. The molecule has 0 radical (unpaired) electrons. The molecule has 0 bridgehead atoms. The number of aryl methyl sites for hydroxylation is 1. The molecule has 27 heavy (non-hydrogen) atoms. The van der Waals surface area contributed by atoms with Crippen LogP contribution in [-0.4, -0.2) is 4.98 Å². The molecule has 0 aliphatic carbocycles. The molecule has 0 atom stereocenters. The second-order valence-corrected chi connectivity index (χ2v) is 6.09. The summed E-state index contributed by atoms with van der Waals surface area (Å²) in [6.07, 6.45) is 10.6. The van der Waals surface area contributed by atoms with Gasteiger partial charge in [-0.05, 0) is 48.9 Å². The van der Waals surface area contributed by atoms with Crippen molar-refractivity contribution < 1.29 is 4.42 Å². The molecule has 2 N–H and O–H groups in total. The lowest BCUT2D eigenvalue weighted by molar-refractivity contribution is 0.566. The van der Waals surface area contributed by atoms with E-state index in [1.807, 2.05) is 55.5 Å². The molecular formula is C23H22N2OS. The summed E-state index contributed by atoms with van der Waals surface area (Å²) in [5, 5.41) is 0. The molecule has 4 heteroatoms. The Labute approximate surface area is 166 Å². The summed E-state index contributed by atoms with van der Waals surface area (Å²) >= 11 is 4.20. The second-order valence-electron chi connectivity index (χ2n) is 5.58. The molecule has 2 aromatic heterocycles. The van der Waals surface area contributed by atoms with Gasteiger partial charge in [0.1, 0.15) is 6.26 Å². The highest BCUT2D eigenvalue weighted by molar-refractivity contribution is 7.80. The topological polar surface area (TPSA) is 52.0 Å². The Kier molecular flexibility index (Phi) is 8.18. The van der Waals surface area contributed by atoms with Crippen LogP contribution >= 0.6 is 12.6 Å². The standard InChI is InChI=1S/C12H8OS.C11H14N2/c14-12-5-3-10(4-6-12)1-2-11-7-8-13-9-11;1-3-4-5-11-9(2)13-7-6-10(11)8-12/h3-9,14H;3-7H,1,8,12H2,2H3/b;5-4-. The number of allylic oxidation sites excluding steroid dienone is 2. The van der Waals surface area contributed by atoms with E-state index < -0.39 is 0 Å². The predicted molar refractivity (Wildman–Crippen MR) is 114 cm³/mol. The van der Waals surface area contributed by atoms with Crippen LogP contribution in [0.25, 0.3) is 6.08 Å². The van der Waals surface area contributed by atoms with E-state index >= 15 is 0 Å². The van der Waals surface area contributed by atoms with Gasteiger partial charge in [0.25, 0.3) is 0 Å². The minimum atomic E-state index is 0.542. The Bertz CT molecular complexity index is 946. The average Bonchev–Trinajstić information content (AvgIpc) is 3.20. The van der Waals surface area contributed by atoms with Crippen LogP contribution < -0.4 is 5.73 Å². The van der Waals surface area contributed by atoms with Crippen LogP contribution in [0.4, 0.5) is 0 Å². The maximum absolute atomic E-state index is 5.60. The Morgan fingerprint density at radius 2 is 1.89 bits per heavy atom.